The van der Waals surface area contributed by atoms with E-state index in [0.717, 1.165) is 0 Å². The summed E-state index contributed by atoms with van der Waals surface area (Å²) < 4.78 is 18.6. The van der Waals surface area contributed by atoms with E-state index >= 15 is 0 Å². The number of nitrogens with zero attached hydrogens (tertiary/aromatic N) is 1. The van der Waals surface area contributed by atoms with Crippen LogP contribution in [0, 0.1) is 12.7 Å². The minimum Gasteiger partial charge on any atom is -0.441 e. The second-order valence-electron chi connectivity index (χ2n) is 5.70. The van der Waals surface area contributed by atoms with Gasteiger partial charge in [-0.15, -0.1) is 0 Å². The van der Waals surface area contributed by atoms with Crippen LogP contribution in [0.4, 0.5) is 10.1 Å². The van der Waals surface area contributed by atoms with E-state index in [-0.39, 0.29) is 18.1 Å². The number of aryl methyl sites for hydroxylation is 1. The Kier molecular flexibility index (Phi) is 4.79. The number of carbonyl (C=O) groups excluding carboxylic acids is 2. The SMILES string of the molecule is Cc1oc(-c2ccc(F)cc2)nc1CC(=O)Nc1ccc(C(N)=O)cc1. The van der Waals surface area contributed by atoms with Crippen molar-refractivity contribution < 1.29 is 18.4 Å². The summed E-state index contributed by atoms with van der Waals surface area (Å²) in [6.07, 6.45) is 0.0219. The molecule has 26 heavy (non-hydrogen) atoms. The van der Waals surface area contributed by atoms with Gasteiger partial charge in [0.15, 0.2) is 0 Å². The highest BCUT2D eigenvalue weighted by atomic mass is 19.1. The quantitative estimate of drug-likeness (QED) is 0.736. The van der Waals surface area contributed by atoms with Gasteiger partial charge in [0.05, 0.1) is 12.1 Å². The van der Waals surface area contributed by atoms with Crippen molar-refractivity contribution in [3.63, 3.8) is 0 Å². The smallest absolute Gasteiger partial charge is 0.248 e. The number of nitrogens with one attached hydrogen (secondary N) is 1. The summed E-state index contributed by atoms with van der Waals surface area (Å²) in [6, 6.07) is 12.0. The first kappa shape index (κ1) is 17.3. The molecule has 3 rings (SSSR count). The largest absolute Gasteiger partial charge is 0.441 e. The summed E-state index contributed by atoms with van der Waals surface area (Å²) in [5, 5.41) is 2.72. The Balaban J connectivity index is 1.69. The number of carbonyl (C=O) groups is 2. The first-order chi connectivity index (χ1) is 12.4. The van der Waals surface area contributed by atoms with E-state index in [1.807, 2.05) is 0 Å². The van der Waals surface area contributed by atoms with Crippen LogP contribution in [0.1, 0.15) is 21.8 Å². The summed E-state index contributed by atoms with van der Waals surface area (Å²) in [5.41, 5.74) is 7.20. The van der Waals surface area contributed by atoms with Crippen molar-refractivity contribution in [2.45, 2.75) is 13.3 Å². The fraction of sp³-hybridized carbons (Fsp3) is 0.105. The Bertz CT molecular complexity index is 947. The molecule has 0 radical (unpaired) electrons. The lowest BCUT2D eigenvalue weighted by atomic mass is 10.2. The average Bonchev–Trinajstić information content (AvgIpc) is 2.96. The molecule has 0 bridgehead atoms. The van der Waals surface area contributed by atoms with E-state index in [2.05, 4.69) is 10.3 Å². The molecule has 0 fully saturated rings. The lowest BCUT2D eigenvalue weighted by Gasteiger charge is -2.04. The van der Waals surface area contributed by atoms with Crippen LogP contribution in [-0.2, 0) is 11.2 Å². The molecule has 132 valence electrons. The van der Waals surface area contributed by atoms with Gasteiger partial charge in [0, 0.05) is 16.8 Å². The number of anilines is 1. The molecule has 0 saturated carbocycles. The van der Waals surface area contributed by atoms with Crippen molar-refractivity contribution in [3.8, 4) is 11.5 Å². The average molecular weight is 353 g/mol. The molecule has 3 aromatic rings. The van der Waals surface area contributed by atoms with Crippen LogP contribution in [0.5, 0.6) is 0 Å². The second kappa shape index (κ2) is 7.18. The van der Waals surface area contributed by atoms with Crippen LogP contribution >= 0.6 is 0 Å². The normalized spacial score (nSPS) is 10.5. The van der Waals surface area contributed by atoms with Gasteiger partial charge in [-0.1, -0.05) is 0 Å². The van der Waals surface area contributed by atoms with E-state index in [1.54, 1.807) is 31.2 Å². The Morgan fingerprint density at radius 1 is 1.12 bits per heavy atom. The molecule has 0 saturated heterocycles. The van der Waals surface area contributed by atoms with Gasteiger partial charge in [-0.2, -0.15) is 0 Å². The molecule has 0 aliphatic heterocycles. The van der Waals surface area contributed by atoms with E-state index < -0.39 is 5.91 Å². The zero-order chi connectivity index (χ0) is 18.7. The molecule has 0 atom stereocenters. The third-order valence-electron chi connectivity index (χ3n) is 3.77. The summed E-state index contributed by atoms with van der Waals surface area (Å²) in [5.74, 6) is -0.313. The highest BCUT2D eigenvalue weighted by Gasteiger charge is 2.15. The third kappa shape index (κ3) is 3.94. The number of rotatable bonds is 5. The molecule has 2 aromatic carbocycles. The van der Waals surface area contributed by atoms with E-state index in [4.69, 9.17) is 10.2 Å². The highest BCUT2D eigenvalue weighted by molar-refractivity contribution is 5.95. The van der Waals surface area contributed by atoms with Crippen molar-refractivity contribution in [3.05, 3.63) is 71.4 Å². The molecule has 0 aliphatic rings. The molecular weight excluding hydrogens is 337 g/mol. The van der Waals surface area contributed by atoms with Crippen molar-refractivity contribution in [2.75, 3.05) is 5.32 Å². The molecule has 2 amide bonds. The molecule has 7 heteroatoms. The van der Waals surface area contributed by atoms with Crippen LogP contribution in [0.3, 0.4) is 0 Å². The van der Waals surface area contributed by atoms with E-state index in [0.29, 0.717) is 34.2 Å². The highest BCUT2D eigenvalue weighted by Crippen LogP contribution is 2.22. The summed E-state index contributed by atoms with van der Waals surface area (Å²) >= 11 is 0. The standard InChI is InChI=1S/C19H16FN3O3/c1-11-16(23-19(26-11)13-2-6-14(20)7-3-13)10-17(24)22-15-8-4-12(5-9-15)18(21)25/h2-9H,10H2,1H3,(H2,21,25)(H,22,24). The van der Waals surface area contributed by atoms with Crippen molar-refractivity contribution in [1.29, 1.82) is 0 Å². The van der Waals surface area contributed by atoms with Crippen LogP contribution in [0.2, 0.25) is 0 Å². The lowest BCUT2D eigenvalue weighted by Crippen LogP contribution is -2.15. The van der Waals surface area contributed by atoms with Gasteiger partial charge in [0.2, 0.25) is 17.7 Å². The second-order valence-corrected chi connectivity index (χ2v) is 5.70. The molecule has 3 N–H and O–H groups in total. The Hall–Kier alpha value is -3.48. The molecule has 0 aliphatic carbocycles. The van der Waals surface area contributed by atoms with Gasteiger partial charge < -0.3 is 15.5 Å². The zero-order valence-corrected chi connectivity index (χ0v) is 14.0. The molecule has 1 aromatic heterocycles. The summed E-state index contributed by atoms with van der Waals surface area (Å²) in [7, 11) is 0. The number of hydrogen-bond acceptors (Lipinski definition) is 4. The Morgan fingerprint density at radius 2 is 1.77 bits per heavy atom. The van der Waals surface area contributed by atoms with Crippen LogP contribution < -0.4 is 11.1 Å². The van der Waals surface area contributed by atoms with Crippen LogP contribution in [0.25, 0.3) is 11.5 Å². The summed E-state index contributed by atoms with van der Waals surface area (Å²) in [6.45, 7) is 1.71. The van der Waals surface area contributed by atoms with Gasteiger partial charge in [0.1, 0.15) is 11.6 Å². The maximum absolute atomic E-state index is 13.0. The van der Waals surface area contributed by atoms with Crippen molar-refractivity contribution >= 4 is 17.5 Å². The maximum Gasteiger partial charge on any atom is 0.248 e. The number of benzene rings is 2. The van der Waals surface area contributed by atoms with E-state index in [9.17, 15) is 14.0 Å². The molecule has 0 spiro atoms. The van der Waals surface area contributed by atoms with Crippen LogP contribution in [-0.4, -0.2) is 16.8 Å². The number of aromatic nitrogens is 1. The first-order valence-corrected chi connectivity index (χ1v) is 7.84. The number of amides is 2. The van der Waals surface area contributed by atoms with Gasteiger partial charge in [-0.25, -0.2) is 9.37 Å². The fourth-order valence-corrected chi connectivity index (χ4v) is 2.38. The summed E-state index contributed by atoms with van der Waals surface area (Å²) in [4.78, 5) is 27.6. The van der Waals surface area contributed by atoms with Gasteiger partial charge >= 0.3 is 0 Å². The first-order valence-electron chi connectivity index (χ1n) is 7.84. The number of halogens is 1. The minimum absolute atomic E-state index is 0.0219. The third-order valence-corrected chi connectivity index (χ3v) is 3.77. The molecule has 6 nitrogen and oxygen atoms in total. The minimum atomic E-state index is -0.533. The van der Waals surface area contributed by atoms with Crippen molar-refractivity contribution in [1.82, 2.24) is 4.98 Å². The number of primary amides is 1. The van der Waals surface area contributed by atoms with Gasteiger partial charge in [-0.05, 0) is 55.5 Å². The zero-order valence-electron chi connectivity index (χ0n) is 14.0. The predicted molar refractivity (Wildman–Crippen MR) is 93.9 cm³/mol. The van der Waals surface area contributed by atoms with Crippen LogP contribution in [0.15, 0.2) is 52.9 Å². The Morgan fingerprint density at radius 3 is 2.38 bits per heavy atom. The van der Waals surface area contributed by atoms with E-state index in [1.165, 1.54) is 24.3 Å². The predicted octanol–water partition coefficient (Wildman–Crippen LogP) is 3.07. The number of nitrogens with two attached hydrogens (primary N) is 1. The molecule has 1 heterocycles. The number of oxazole rings is 1. The lowest BCUT2D eigenvalue weighted by molar-refractivity contribution is -0.115. The topological polar surface area (TPSA) is 98.2 Å². The molecular formula is C19H16FN3O3. The van der Waals surface area contributed by atoms with Gasteiger partial charge in [-0.3, -0.25) is 9.59 Å². The fourth-order valence-electron chi connectivity index (χ4n) is 2.38. The Labute approximate surface area is 148 Å². The van der Waals surface area contributed by atoms with Gasteiger partial charge in [0.25, 0.3) is 0 Å². The number of hydrogen-bond donors (Lipinski definition) is 2. The molecule has 0 unspecified atom stereocenters. The van der Waals surface area contributed by atoms with Crippen molar-refractivity contribution in [2.24, 2.45) is 5.73 Å². The monoisotopic (exact) mass is 353 g/mol. The maximum atomic E-state index is 13.0.